The second-order valence-electron chi connectivity index (χ2n) is 4.67. The molecular formula is C13H20N2O2. The Balaban J connectivity index is 2.28. The van der Waals surface area contributed by atoms with Gasteiger partial charge in [-0.25, -0.2) is 0 Å². The molecule has 1 aliphatic heterocycles. The molecular weight excluding hydrogens is 216 g/mol. The molecule has 1 aromatic rings. The smallest absolute Gasteiger partial charge is 0.161 e. The molecule has 0 aliphatic carbocycles. The first-order valence-corrected chi connectivity index (χ1v) is 5.99. The van der Waals surface area contributed by atoms with Gasteiger partial charge in [-0.3, -0.25) is 0 Å². The monoisotopic (exact) mass is 236 g/mol. The van der Waals surface area contributed by atoms with Gasteiger partial charge in [-0.2, -0.15) is 0 Å². The summed E-state index contributed by atoms with van der Waals surface area (Å²) in [5.41, 5.74) is 14.2. The Bertz CT molecular complexity index is 405. The van der Waals surface area contributed by atoms with Crippen LogP contribution in [0.25, 0.3) is 0 Å². The van der Waals surface area contributed by atoms with E-state index in [0.29, 0.717) is 13.2 Å². The summed E-state index contributed by atoms with van der Waals surface area (Å²) < 4.78 is 11.1. The molecule has 0 spiro atoms. The van der Waals surface area contributed by atoms with Gasteiger partial charge in [0.25, 0.3) is 0 Å². The van der Waals surface area contributed by atoms with Crippen molar-refractivity contribution in [2.24, 2.45) is 11.5 Å². The molecule has 0 bridgehead atoms. The van der Waals surface area contributed by atoms with Gasteiger partial charge in [0.15, 0.2) is 11.5 Å². The number of benzene rings is 1. The molecule has 0 saturated carbocycles. The third-order valence-corrected chi connectivity index (χ3v) is 2.96. The fourth-order valence-electron chi connectivity index (χ4n) is 2.13. The maximum atomic E-state index is 6.15. The van der Waals surface area contributed by atoms with Crippen molar-refractivity contribution in [2.45, 2.75) is 32.4 Å². The molecule has 2 rings (SSSR count). The van der Waals surface area contributed by atoms with Crippen molar-refractivity contribution < 1.29 is 9.47 Å². The van der Waals surface area contributed by atoms with Crippen LogP contribution in [0.4, 0.5) is 0 Å². The molecule has 0 amide bonds. The van der Waals surface area contributed by atoms with Crippen molar-refractivity contribution in [1.29, 1.82) is 0 Å². The molecule has 4 heteroatoms. The van der Waals surface area contributed by atoms with E-state index in [2.05, 4.69) is 0 Å². The number of aryl methyl sites for hydroxylation is 1. The summed E-state index contributed by atoms with van der Waals surface area (Å²) in [5.74, 6) is 1.60. The molecule has 0 fully saturated rings. The van der Waals surface area contributed by atoms with E-state index in [1.54, 1.807) is 0 Å². The summed E-state index contributed by atoms with van der Waals surface area (Å²) in [6.07, 6.45) is 0.764. The molecule has 17 heavy (non-hydrogen) atoms. The lowest BCUT2D eigenvalue weighted by molar-refractivity contribution is 0.171. The lowest BCUT2D eigenvalue weighted by Gasteiger charge is -2.23. The van der Waals surface area contributed by atoms with Crippen molar-refractivity contribution in [2.75, 3.05) is 13.2 Å². The molecule has 2 unspecified atom stereocenters. The molecule has 1 heterocycles. The SMILES string of the molecule is Cc1cc2c(cc1C(N)CC(C)N)OCCO2. The molecule has 1 aromatic carbocycles. The summed E-state index contributed by atoms with van der Waals surface area (Å²) in [4.78, 5) is 0. The average Bonchev–Trinajstić information content (AvgIpc) is 2.27. The summed E-state index contributed by atoms with van der Waals surface area (Å²) in [6, 6.07) is 4.02. The highest BCUT2D eigenvalue weighted by atomic mass is 16.6. The third kappa shape index (κ3) is 2.70. The summed E-state index contributed by atoms with van der Waals surface area (Å²) in [6.45, 7) is 5.21. The van der Waals surface area contributed by atoms with Crippen LogP contribution in [0, 0.1) is 6.92 Å². The van der Waals surface area contributed by atoms with Crippen molar-refractivity contribution in [3.63, 3.8) is 0 Å². The Morgan fingerprint density at radius 3 is 2.35 bits per heavy atom. The maximum absolute atomic E-state index is 6.15. The van der Waals surface area contributed by atoms with E-state index in [4.69, 9.17) is 20.9 Å². The van der Waals surface area contributed by atoms with Gasteiger partial charge in [-0.15, -0.1) is 0 Å². The Hall–Kier alpha value is -1.26. The minimum Gasteiger partial charge on any atom is -0.486 e. The Morgan fingerprint density at radius 2 is 1.76 bits per heavy atom. The average molecular weight is 236 g/mol. The van der Waals surface area contributed by atoms with Crippen LogP contribution < -0.4 is 20.9 Å². The second-order valence-corrected chi connectivity index (χ2v) is 4.67. The number of fused-ring (bicyclic) bond motifs is 1. The number of rotatable bonds is 3. The normalized spacial score (nSPS) is 17.6. The van der Waals surface area contributed by atoms with Gasteiger partial charge < -0.3 is 20.9 Å². The fourth-order valence-corrected chi connectivity index (χ4v) is 2.13. The molecule has 1 aliphatic rings. The lowest BCUT2D eigenvalue weighted by Crippen LogP contribution is -2.24. The highest BCUT2D eigenvalue weighted by Gasteiger charge is 2.18. The number of hydrogen-bond donors (Lipinski definition) is 2. The van der Waals surface area contributed by atoms with Gasteiger partial charge in [0.05, 0.1) is 0 Å². The molecule has 0 aromatic heterocycles. The van der Waals surface area contributed by atoms with Gasteiger partial charge in [0, 0.05) is 12.1 Å². The van der Waals surface area contributed by atoms with Crippen LogP contribution in [0.2, 0.25) is 0 Å². The molecule has 2 atom stereocenters. The number of nitrogens with two attached hydrogens (primary N) is 2. The quantitative estimate of drug-likeness (QED) is 0.834. The first-order chi connectivity index (χ1) is 8.08. The Kier molecular flexibility index (Phi) is 3.54. The highest BCUT2D eigenvalue weighted by molar-refractivity contribution is 5.48. The van der Waals surface area contributed by atoms with E-state index in [0.717, 1.165) is 29.0 Å². The first-order valence-electron chi connectivity index (χ1n) is 5.99. The van der Waals surface area contributed by atoms with Crippen LogP contribution in [0.5, 0.6) is 11.5 Å². The van der Waals surface area contributed by atoms with Crippen LogP contribution >= 0.6 is 0 Å². The molecule has 0 radical (unpaired) electrons. The highest BCUT2D eigenvalue weighted by Crippen LogP contribution is 2.35. The maximum Gasteiger partial charge on any atom is 0.161 e. The Labute approximate surface area is 102 Å². The van der Waals surface area contributed by atoms with Gasteiger partial charge in [0.2, 0.25) is 0 Å². The van der Waals surface area contributed by atoms with Gasteiger partial charge in [-0.1, -0.05) is 0 Å². The van der Waals surface area contributed by atoms with Crippen LogP contribution in [-0.4, -0.2) is 19.3 Å². The van der Waals surface area contributed by atoms with Crippen molar-refractivity contribution in [3.8, 4) is 11.5 Å². The first kappa shape index (κ1) is 12.2. The molecule has 4 N–H and O–H groups in total. The van der Waals surface area contributed by atoms with Gasteiger partial charge >= 0.3 is 0 Å². The van der Waals surface area contributed by atoms with Crippen molar-refractivity contribution >= 4 is 0 Å². The zero-order valence-corrected chi connectivity index (χ0v) is 10.4. The van der Waals surface area contributed by atoms with E-state index < -0.39 is 0 Å². The number of hydrogen-bond acceptors (Lipinski definition) is 4. The zero-order valence-electron chi connectivity index (χ0n) is 10.4. The van der Waals surface area contributed by atoms with E-state index >= 15 is 0 Å². The third-order valence-electron chi connectivity index (χ3n) is 2.96. The van der Waals surface area contributed by atoms with Crippen LogP contribution in [0.1, 0.15) is 30.5 Å². The summed E-state index contributed by atoms with van der Waals surface area (Å²) in [5, 5.41) is 0. The van der Waals surface area contributed by atoms with E-state index in [1.807, 2.05) is 26.0 Å². The van der Waals surface area contributed by atoms with Gasteiger partial charge in [0.1, 0.15) is 13.2 Å². The van der Waals surface area contributed by atoms with Crippen LogP contribution in [-0.2, 0) is 0 Å². The standard InChI is InChI=1S/C13H20N2O2/c1-8-5-12-13(17-4-3-16-12)7-10(8)11(15)6-9(2)14/h5,7,9,11H,3-4,6,14-15H2,1-2H3. The topological polar surface area (TPSA) is 70.5 Å². The van der Waals surface area contributed by atoms with Gasteiger partial charge in [-0.05, 0) is 43.5 Å². The Morgan fingerprint density at radius 1 is 1.18 bits per heavy atom. The van der Waals surface area contributed by atoms with E-state index in [9.17, 15) is 0 Å². The molecule has 0 saturated heterocycles. The van der Waals surface area contributed by atoms with Crippen LogP contribution in [0.15, 0.2) is 12.1 Å². The van der Waals surface area contributed by atoms with E-state index in [1.165, 1.54) is 0 Å². The summed E-state index contributed by atoms with van der Waals surface area (Å²) in [7, 11) is 0. The fraction of sp³-hybridized carbons (Fsp3) is 0.538. The van der Waals surface area contributed by atoms with Crippen molar-refractivity contribution in [3.05, 3.63) is 23.3 Å². The lowest BCUT2D eigenvalue weighted by atomic mass is 9.96. The largest absolute Gasteiger partial charge is 0.486 e. The minimum absolute atomic E-state index is 0.0502. The van der Waals surface area contributed by atoms with Crippen molar-refractivity contribution in [1.82, 2.24) is 0 Å². The zero-order chi connectivity index (χ0) is 12.4. The minimum atomic E-state index is -0.0502. The van der Waals surface area contributed by atoms with E-state index in [-0.39, 0.29) is 12.1 Å². The second kappa shape index (κ2) is 4.94. The predicted octanol–water partition coefficient (Wildman–Crippen LogP) is 1.50. The molecule has 4 nitrogen and oxygen atoms in total. The number of ether oxygens (including phenoxy) is 2. The van der Waals surface area contributed by atoms with Crippen LogP contribution in [0.3, 0.4) is 0 Å². The molecule has 94 valence electrons. The summed E-state index contributed by atoms with van der Waals surface area (Å²) >= 11 is 0. The predicted molar refractivity (Wildman–Crippen MR) is 67.4 cm³/mol.